The average molecular weight is 277 g/mol. The maximum Gasteiger partial charge on any atom is 0.147 e. The minimum absolute atomic E-state index is 0.106. The number of oxime groups is 1. The molecule has 0 radical (unpaired) electrons. The van der Waals surface area contributed by atoms with Gasteiger partial charge in [-0.3, -0.25) is 0 Å². The highest BCUT2D eigenvalue weighted by atomic mass is 16.5. The number of nitrogens with two attached hydrogens (primary N) is 1. The number of benzene rings is 1. The summed E-state index contributed by atoms with van der Waals surface area (Å²) < 4.78 is 5.46. The summed E-state index contributed by atoms with van der Waals surface area (Å²) in [6.45, 7) is 3.28. The topological polar surface area (TPSA) is 79.9 Å². The van der Waals surface area contributed by atoms with Crippen molar-refractivity contribution in [2.45, 2.75) is 18.8 Å². The number of hydrogen-bond acceptors (Lipinski definition) is 4. The van der Waals surface area contributed by atoms with E-state index in [0.717, 1.165) is 31.7 Å². The van der Waals surface area contributed by atoms with Crippen LogP contribution in [0.1, 0.15) is 24.3 Å². The largest absolute Gasteiger partial charge is 0.409 e. The van der Waals surface area contributed by atoms with Crippen LogP contribution in [0.5, 0.6) is 0 Å². The van der Waals surface area contributed by atoms with Crippen LogP contribution in [0.25, 0.3) is 0 Å². The first-order valence-electron chi connectivity index (χ1n) is 7.12. The lowest BCUT2D eigenvalue weighted by molar-refractivity contribution is 0.0549. The molecule has 0 aliphatic carbocycles. The van der Waals surface area contributed by atoms with Gasteiger partial charge in [0.25, 0.3) is 0 Å². The van der Waals surface area contributed by atoms with Crippen LogP contribution in [0.3, 0.4) is 0 Å². The van der Waals surface area contributed by atoms with Gasteiger partial charge in [-0.25, -0.2) is 0 Å². The zero-order valence-electron chi connectivity index (χ0n) is 11.7. The second-order valence-electron chi connectivity index (χ2n) is 5.23. The van der Waals surface area contributed by atoms with Crippen molar-refractivity contribution in [2.24, 2.45) is 16.8 Å². The SMILES string of the molecule is NC(=NO)C(CNCC1CCCOC1)c1ccccc1. The third kappa shape index (κ3) is 4.21. The summed E-state index contributed by atoms with van der Waals surface area (Å²) in [5.41, 5.74) is 6.85. The van der Waals surface area contributed by atoms with Gasteiger partial charge in [-0.1, -0.05) is 35.5 Å². The molecule has 2 rings (SSSR count). The van der Waals surface area contributed by atoms with Crippen LogP contribution in [-0.4, -0.2) is 37.3 Å². The van der Waals surface area contributed by atoms with Crippen molar-refractivity contribution in [2.75, 3.05) is 26.3 Å². The Hall–Kier alpha value is -1.59. The molecule has 2 unspecified atom stereocenters. The minimum atomic E-state index is -0.106. The van der Waals surface area contributed by atoms with Gasteiger partial charge in [0.05, 0.1) is 12.5 Å². The molecule has 0 amide bonds. The van der Waals surface area contributed by atoms with Crippen molar-refractivity contribution in [1.82, 2.24) is 5.32 Å². The lowest BCUT2D eigenvalue weighted by Crippen LogP contribution is -2.35. The first-order valence-corrected chi connectivity index (χ1v) is 7.12. The van der Waals surface area contributed by atoms with E-state index in [2.05, 4.69) is 10.5 Å². The Morgan fingerprint density at radius 1 is 1.45 bits per heavy atom. The highest BCUT2D eigenvalue weighted by Crippen LogP contribution is 2.16. The van der Waals surface area contributed by atoms with E-state index in [1.165, 1.54) is 6.42 Å². The van der Waals surface area contributed by atoms with Crippen LogP contribution in [0, 0.1) is 5.92 Å². The van der Waals surface area contributed by atoms with E-state index in [1.54, 1.807) is 0 Å². The molecule has 0 bridgehead atoms. The molecule has 1 aromatic carbocycles. The molecule has 0 aromatic heterocycles. The first-order chi connectivity index (χ1) is 9.81. The average Bonchev–Trinajstić information content (AvgIpc) is 2.53. The Kier molecular flexibility index (Phi) is 5.83. The summed E-state index contributed by atoms with van der Waals surface area (Å²) in [6, 6.07) is 9.87. The van der Waals surface area contributed by atoms with Crippen molar-refractivity contribution in [3.8, 4) is 0 Å². The summed E-state index contributed by atoms with van der Waals surface area (Å²) in [5, 5.41) is 15.5. The summed E-state index contributed by atoms with van der Waals surface area (Å²) in [7, 11) is 0. The van der Waals surface area contributed by atoms with E-state index in [4.69, 9.17) is 15.7 Å². The predicted molar refractivity (Wildman–Crippen MR) is 79.0 cm³/mol. The molecule has 5 nitrogen and oxygen atoms in total. The Labute approximate surface area is 119 Å². The minimum Gasteiger partial charge on any atom is -0.409 e. The van der Waals surface area contributed by atoms with Gasteiger partial charge in [-0.05, 0) is 24.3 Å². The molecular formula is C15H23N3O2. The maximum atomic E-state index is 8.93. The van der Waals surface area contributed by atoms with Gasteiger partial charge >= 0.3 is 0 Å². The fraction of sp³-hybridized carbons (Fsp3) is 0.533. The number of nitrogens with one attached hydrogen (secondary N) is 1. The van der Waals surface area contributed by atoms with Crippen LogP contribution in [-0.2, 0) is 4.74 Å². The summed E-state index contributed by atoms with van der Waals surface area (Å²) >= 11 is 0. The van der Waals surface area contributed by atoms with Crippen LogP contribution >= 0.6 is 0 Å². The third-order valence-electron chi connectivity index (χ3n) is 3.71. The molecule has 1 aliphatic heterocycles. The van der Waals surface area contributed by atoms with Crippen molar-refractivity contribution in [1.29, 1.82) is 0 Å². The highest BCUT2D eigenvalue weighted by Gasteiger charge is 2.18. The number of ether oxygens (including phenoxy) is 1. The van der Waals surface area contributed by atoms with Crippen LogP contribution in [0.15, 0.2) is 35.5 Å². The van der Waals surface area contributed by atoms with Gasteiger partial charge in [-0.15, -0.1) is 0 Å². The van der Waals surface area contributed by atoms with Crippen molar-refractivity contribution >= 4 is 5.84 Å². The predicted octanol–water partition coefficient (Wildman–Crippen LogP) is 1.53. The Morgan fingerprint density at radius 2 is 2.25 bits per heavy atom. The number of hydrogen-bond donors (Lipinski definition) is 3. The standard InChI is InChI=1S/C15H23N3O2/c16-15(18-19)14(13-6-2-1-3-7-13)10-17-9-12-5-4-8-20-11-12/h1-3,6-7,12,14,17,19H,4-5,8-11H2,(H2,16,18). The van der Waals surface area contributed by atoms with Gasteiger partial charge in [0.15, 0.2) is 0 Å². The molecule has 4 N–H and O–H groups in total. The quantitative estimate of drug-likeness (QED) is 0.319. The van der Waals surface area contributed by atoms with Crippen molar-refractivity contribution in [3.05, 3.63) is 35.9 Å². The molecule has 2 atom stereocenters. The highest BCUT2D eigenvalue weighted by molar-refractivity contribution is 5.87. The fourth-order valence-corrected chi connectivity index (χ4v) is 2.55. The molecular weight excluding hydrogens is 254 g/mol. The zero-order valence-corrected chi connectivity index (χ0v) is 11.7. The molecule has 1 fully saturated rings. The lowest BCUT2D eigenvalue weighted by Gasteiger charge is -2.24. The Balaban J connectivity index is 1.88. The normalized spacial score (nSPS) is 21.6. The van der Waals surface area contributed by atoms with E-state index < -0.39 is 0 Å². The van der Waals surface area contributed by atoms with Crippen molar-refractivity contribution < 1.29 is 9.94 Å². The molecule has 1 heterocycles. The summed E-state index contributed by atoms with van der Waals surface area (Å²) in [5.74, 6) is 0.696. The van der Waals surface area contributed by atoms with E-state index in [0.29, 0.717) is 12.5 Å². The van der Waals surface area contributed by atoms with Crippen LogP contribution in [0.2, 0.25) is 0 Å². The van der Waals surface area contributed by atoms with E-state index in [1.807, 2.05) is 30.3 Å². The first kappa shape index (κ1) is 14.8. The maximum absolute atomic E-state index is 8.93. The second-order valence-corrected chi connectivity index (χ2v) is 5.23. The van der Waals surface area contributed by atoms with E-state index in [9.17, 15) is 0 Å². The molecule has 5 heteroatoms. The van der Waals surface area contributed by atoms with Crippen LogP contribution < -0.4 is 11.1 Å². The molecule has 1 aromatic rings. The lowest BCUT2D eigenvalue weighted by atomic mass is 9.97. The molecule has 110 valence electrons. The Morgan fingerprint density at radius 3 is 2.90 bits per heavy atom. The fourth-order valence-electron chi connectivity index (χ4n) is 2.55. The zero-order chi connectivity index (χ0) is 14.2. The summed E-state index contributed by atoms with van der Waals surface area (Å²) in [4.78, 5) is 0. The molecule has 0 saturated carbocycles. The number of amidine groups is 1. The monoisotopic (exact) mass is 277 g/mol. The van der Waals surface area contributed by atoms with Gasteiger partial charge in [-0.2, -0.15) is 0 Å². The number of rotatable bonds is 6. The van der Waals surface area contributed by atoms with E-state index >= 15 is 0 Å². The molecule has 20 heavy (non-hydrogen) atoms. The van der Waals surface area contributed by atoms with Gasteiger partial charge in [0, 0.05) is 19.7 Å². The molecule has 1 aliphatic rings. The Bertz CT molecular complexity index is 416. The van der Waals surface area contributed by atoms with Crippen molar-refractivity contribution in [3.63, 3.8) is 0 Å². The van der Waals surface area contributed by atoms with Gasteiger partial charge in [0.2, 0.25) is 0 Å². The van der Waals surface area contributed by atoms with E-state index in [-0.39, 0.29) is 11.8 Å². The molecule has 1 saturated heterocycles. The van der Waals surface area contributed by atoms with Crippen LogP contribution in [0.4, 0.5) is 0 Å². The van der Waals surface area contributed by atoms with Gasteiger partial charge < -0.3 is 21.0 Å². The molecule has 0 spiro atoms. The second kappa shape index (κ2) is 7.87. The number of nitrogens with zero attached hydrogens (tertiary/aromatic N) is 1. The summed E-state index contributed by atoms with van der Waals surface area (Å²) in [6.07, 6.45) is 2.33. The smallest absolute Gasteiger partial charge is 0.147 e. The van der Waals surface area contributed by atoms with Gasteiger partial charge in [0.1, 0.15) is 5.84 Å². The third-order valence-corrected chi connectivity index (χ3v) is 3.71.